The van der Waals surface area contributed by atoms with Crippen molar-refractivity contribution in [2.75, 3.05) is 13.2 Å². The summed E-state index contributed by atoms with van der Waals surface area (Å²) < 4.78 is 18.1. The van der Waals surface area contributed by atoms with E-state index in [0.29, 0.717) is 5.75 Å². The molecular formula is C16H21FN2O4. The lowest BCUT2D eigenvalue weighted by Crippen LogP contribution is -2.49. The predicted octanol–water partition coefficient (Wildman–Crippen LogP) is 1.53. The molecule has 7 heteroatoms. The number of hydrogen-bond donors (Lipinski definition) is 2. The van der Waals surface area contributed by atoms with Gasteiger partial charge in [0.25, 0.3) is 5.91 Å². The first-order chi connectivity index (χ1) is 10.7. The summed E-state index contributed by atoms with van der Waals surface area (Å²) in [6.45, 7) is 5.08. The summed E-state index contributed by atoms with van der Waals surface area (Å²) in [6.07, 6.45) is -1.04. The number of aliphatic hydroxyl groups is 1. The normalized spacial score (nSPS) is 22.4. The third kappa shape index (κ3) is 3.61. The molecule has 1 saturated heterocycles. The van der Waals surface area contributed by atoms with Crippen LogP contribution in [0.2, 0.25) is 0 Å². The van der Waals surface area contributed by atoms with Crippen LogP contribution in [0.1, 0.15) is 20.8 Å². The first-order valence-corrected chi connectivity index (χ1v) is 7.44. The van der Waals surface area contributed by atoms with Crippen LogP contribution < -0.4 is 10.1 Å². The van der Waals surface area contributed by atoms with E-state index in [1.54, 1.807) is 6.92 Å². The molecule has 0 bridgehead atoms. The van der Waals surface area contributed by atoms with Crippen LogP contribution in [0, 0.1) is 11.7 Å². The van der Waals surface area contributed by atoms with Crippen molar-refractivity contribution in [1.82, 2.24) is 10.2 Å². The largest absolute Gasteiger partial charge is 0.491 e. The van der Waals surface area contributed by atoms with Gasteiger partial charge in [0.15, 0.2) is 0 Å². The molecule has 1 heterocycles. The summed E-state index contributed by atoms with van der Waals surface area (Å²) in [6, 6.07) is 4.84. The highest BCUT2D eigenvalue weighted by atomic mass is 19.1. The number of benzene rings is 1. The van der Waals surface area contributed by atoms with Crippen molar-refractivity contribution in [3.8, 4) is 5.75 Å². The number of aliphatic hydroxyl groups excluding tert-OH is 1. The van der Waals surface area contributed by atoms with Crippen LogP contribution in [0.25, 0.3) is 0 Å². The SMILES string of the molecule is CC(C)[C@@]1(C)NC(=O)N(C[C@@H](O)COc2ccc(F)cc2)C1=O. The standard InChI is InChI=1S/C16H21FN2O4/c1-10(2)16(3)14(21)19(15(22)18-16)8-12(20)9-23-13-6-4-11(17)5-7-13/h4-7,10,12,20H,8-9H2,1-3H3,(H,18,22)/t12-,16-/m1/s1. The van der Waals surface area contributed by atoms with Gasteiger partial charge in [-0.05, 0) is 37.1 Å². The van der Waals surface area contributed by atoms with Crippen molar-refractivity contribution >= 4 is 11.9 Å². The van der Waals surface area contributed by atoms with Crippen molar-refractivity contribution in [3.05, 3.63) is 30.1 Å². The van der Waals surface area contributed by atoms with Gasteiger partial charge in [-0.3, -0.25) is 9.69 Å². The van der Waals surface area contributed by atoms with E-state index in [1.807, 2.05) is 13.8 Å². The second-order valence-corrected chi connectivity index (χ2v) is 6.12. The maximum absolute atomic E-state index is 12.8. The fourth-order valence-electron chi connectivity index (χ4n) is 2.26. The number of imide groups is 1. The minimum absolute atomic E-state index is 0.0726. The fraction of sp³-hybridized carbons (Fsp3) is 0.500. The molecule has 0 aliphatic carbocycles. The highest BCUT2D eigenvalue weighted by Gasteiger charge is 2.49. The van der Waals surface area contributed by atoms with E-state index in [1.165, 1.54) is 24.3 Å². The summed E-state index contributed by atoms with van der Waals surface area (Å²) >= 11 is 0. The quantitative estimate of drug-likeness (QED) is 0.778. The Morgan fingerprint density at radius 2 is 1.91 bits per heavy atom. The molecule has 0 aromatic heterocycles. The molecule has 2 atom stereocenters. The van der Waals surface area contributed by atoms with E-state index in [0.717, 1.165) is 4.90 Å². The molecule has 1 aromatic rings. The molecule has 0 unspecified atom stereocenters. The number of hydrogen-bond acceptors (Lipinski definition) is 4. The average molecular weight is 324 g/mol. The van der Waals surface area contributed by atoms with E-state index >= 15 is 0 Å². The van der Waals surface area contributed by atoms with Crippen molar-refractivity contribution in [1.29, 1.82) is 0 Å². The molecule has 3 amide bonds. The Bertz CT molecular complexity index is 590. The van der Waals surface area contributed by atoms with Crippen LogP contribution in [-0.2, 0) is 4.79 Å². The number of urea groups is 1. The van der Waals surface area contributed by atoms with Gasteiger partial charge in [-0.25, -0.2) is 9.18 Å². The molecule has 1 aromatic carbocycles. The number of ether oxygens (including phenoxy) is 1. The molecule has 126 valence electrons. The minimum Gasteiger partial charge on any atom is -0.491 e. The van der Waals surface area contributed by atoms with Crippen molar-refractivity contribution < 1.29 is 23.8 Å². The average Bonchev–Trinajstić information content (AvgIpc) is 2.71. The Labute approximate surface area is 134 Å². The number of halogens is 1. The van der Waals surface area contributed by atoms with Crippen LogP contribution in [0.3, 0.4) is 0 Å². The molecule has 0 saturated carbocycles. The molecule has 1 aliphatic rings. The summed E-state index contributed by atoms with van der Waals surface area (Å²) in [7, 11) is 0. The fourth-order valence-corrected chi connectivity index (χ4v) is 2.26. The number of nitrogens with one attached hydrogen (secondary N) is 1. The number of β-amino-alcohol motifs (C(OH)–C–C–N with tert-alkyl or cyclic N) is 1. The lowest BCUT2D eigenvalue weighted by molar-refractivity contribution is -0.133. The van der Waals surface area contributed by atoms with Gasteiger partial charge in [0.1, 0.15) is 29.8 Å². The van der Waals surface area contributed by atoms with E-state index in [2.05, 4.69) is 5.32 Å². The Hall–Kier alpha value is -2.15. The van der Waals surface area contributed by atoms with E-state index in [9.17, 15) is 19.1 Å². The second-order valence-electron chi connectivity index (χ2n) is 6.12. The second kappa shape index (κ2) is 6.54. The molecule has 2 rings (SSSR count). The Morgan fingerprint density at radius 1 is 1.30 bits per heavy atom. The zero-order valence-electron chi connectivity index (χ0n) is 13.4. The predicted molar refractivity (Wildman–Crippen MR) is 81.4 cm³/mol. The van der Waals surface area contributed by atoms with Gasteiger partial charge < -0.3 is 15.2 Å². The molecule has 0 spiro atoms. The summed E-state index contributed by atoms with van der Waals surface area (Å²) in [4.78, 5) is 25.3. The molecule has 2 N–H and O–H groups in total. The Kier molecular flexibility index (Phi) is 4.89. The van der Waals surface area contributed by atoms with Crippen LogP contribution in [0.5, 0.6) is 5.75 Å². The van der Waals surface area contributed by atoms with Gasteiger partial charge in [0.05, 0.1) is 6.54 Å². The highest BCUT2D eigenvalue weighted by Crippen LogP contribution is 2.25. The van der Waals surface area contributed by atoms with Crippen molar-refractivity contribution in [2.45, 2.75) is 32.4 Å². The number of carbonyl (C=O) groups is 2. The smallest absolute Gasteiger partial charge is 0.325 e. The van der Waals surface area contributed by atoms with E-state index in [4.69, 9.17) is 4.74 Å². The van der Waals surface area contributed by atoms with Gasteiger partial charge in [-0.1, -0.05) is 13.8 Å². The van der Waals surface area contributed by atoms with Gasteiger partial charge in [0, 0.05) is 0 Å². The van der Waals surface area contributed by atoms with E-state index < -0.39 is 17.7 Å². The van der Waals surface area contributed by atoms with Crippen LogP contribution in [0.15, 0.2) is 24.3 Å². The maximum atomic E-state index is 12.8. The Balaban J connectivity index is 1.92. The zero-order chi connectivity index (χ0) is 17.2. The highest BCUT2D eigenvalue weighted by molar-refractivity contribution is 6.06. The molecule has 0 radical (unpaired) electrons. The lowest BCUT2D eigenvalue weighted by atomic mass is 9.88. The van der Waals surface area contributed by atoms with Gasteiger partial charge >= 0.3 is 6.03 Å². The van der Waals surface area contributed by atoms with Crippen molar-refractivity contribution in [2.24, 2.45) is 5.92 Å². The summed E-state index contributed by atoms with van der Waals surface area (Å²) in [5.74, 6) is -0.422. The molecule has 6 nitrogen and oxygen atoms in total. The van der Waals surface area contributed by atoms with Crippen molar-refractivity contribution in [3.63, 3.8) is 0 Å². The summed E-state index contributed by atoms with van der Waals surface area (Å²) in [5, 5.41) is 12.7. The number of nitrogens with zero attached hydrogens (tertiary/aromatic N) is 1. The van der Waals surface area contributed by atoms with Gasteiger partial charge in [-0.2, -0.15) is 0 Å². The maximum Gasteiger partial charge on any atom is 0.325 e. The first-order valence-electron chi connectivity index (χ1n) is 7.44. The molecule has 1 fully saturated rings. The van der Waals surface area contributed by atoms with Crippen LogP contribution in [-0.4, -0.2) is 46.7 Å². The topological polar surface area (TPSA) is 78.9 Å². The first kappa shape index (κ1) is 17.2. The number of amides is 3. The monoisotopic (exact) mass is 324 g/mol. The molecule has 1 aliphatic heterocycles. The number of rotatable bonds is 6. The molecule has 23 heavy (non-hydrogen) atoms. The Morgan fingerprint density at radius 3 is 2.43 bits per heavy atom. The van der Waals surface area contributed by atoms with Crippen LogP contribution in [0.4, 0.5) is 9.18 Å². The minimum atomic E-state index is -1.04. The zero-order valence-corrected chi connectivity index (χ0v) is 13.4. The number of carbonyl (C=O) groups excluding carboxylic acids is 2. The third-order valence-corrected chi connectivity index (χ3v) is 4.11. The van der Waals surface area contributed by atoms with Crippen LogP contribution >= 0.6 is 0 Å². The lowest BCUT2D eigenvalue weighted by Gasteiger charge is -2.26. The van der Waals surface area contributed by atoms with Gasteiger partial charge in [-0.15, -0.1) is 0 Å². The molecular weight excluding hydrogens is 303 g/mol. The summed E-state index contributed by atoms with van der Waals surface area (Å²) in [5.41, 5.74) is -0.964. The third-order valence-electron chi connectivity index (χ3n) is 4.11. The van der Waals surface area contributed by atoms with E-state index in [-0.39, 0.29) is 30.8 Å². The van der Waals surface area contributed by atoms with Gasteiger partial charge in [0.2, 0.25) is 0 Å².